The number of benzene rings is 2. The molecule has 1 aromatic heterocycles. The first kappa shape index (κ1) is 23.2. The number of rotatable bonds is 8. The molecule has 0 radical (unpaired) electrons. The fourth-order valence-electron chi connectivity index (χ4n) is 3.48. The third kappa shape index (κ3) is 6.28. The Morgan fingerprint density at radius 2 is 1.79 bits per heavy atom. The molecular formula is C24H26N4O3S2. The molecule has 172 valence electrons. The maximum absolute atomic E-state index is 12.6. The monoisotopic (exact) mass is 482 g/mol. The Labute approximate surface area is 201 Å². The Morgan fingerprint density at radius 1 is 1.03 bits per heavy atom. The summed E-state index contributed by atoms with van der Waals surface area (Å²) in [6.45, 7) is 3.71. The second-order valence-electron chi connectivity index (χ2n) is 7.49. The fourth-order valence-corrected chi connectivity index (χ4v) is 4.62. The van der Waals surface area contributed by atoms with Crippen molar-refractivity contribution in [1.82, 2.24) is 5.32 Å². The number of ether oxygens (including phenoxy) is 1. The average Bonchev–Trinajstić information content (AvgIpc) is 3.35. The summed E-state index contributed by atoms with van der Waals surface area (Å²) >= 11 is 2.73. The molecule has 1 aliphatic rings. The second kappa shape index (κ2) is 11.2. The lowest BCUT2D eigenvalue weighted by Gasteiger charge is -2.28. The minimum Gasteiger partial charge on any atom is -0.378 e. The number of morpholine rings is 1. The molecular weight excluding hydrogens is 456 g/mol. The van der Waals surface area contributed by atoms with Gasteiger partial charge in [0.1, 0.15) is 0 Å². The van der Waals surface area contributed by atoms with Crippen molar-refractivity contribution in [3.63, 3.8) is 0 Å². The standard InChI is InChI=1S/C24H26N4O3S2/c1-32-27-20-4-2-3-19(14-20)26-24(30)22-13-18(16-33-22)23(29)25-15-17-5-7-21(8-6-17)28-9-11-31-12-10-28/h2-8,13-14,16,27H,9-12,15H2,1H3,(H,25,29)(H,26,30). The highest BCUT2D eigenvalue weighted by Crippen LogP contribution is 2.21. The first-order valence-corrected chi connectivity index (χ1v) is 12.7. The molecule has 0 unspecified atom stereocenters. The number of thiophene rings is 1. The Morgan fingerprint density at radius 3 is 2.55 bits per heavy atom. The zero-order valence-corrected chi connectivity index (χ0v) is 19.9. The summed E-state index contributed by atoms with van der Waals surface area (Å²) in [6.07, 6.45) is 1.93. The van der Waals surface area contributed by atoms with Crippen LogP contribution < -0.4 is 20.3 Å². The van der Waals surface area contributed by atoms with Crippen molar-refractivity contribution in [3.8, 4) is 0 Å². The highest BCUT2D eigenvalue weighted by molar-refractivity contribution is 7.99. The molecule has 2 heterocycles. The van der Waals surface area contributed by atoms with Gasteiger partial charge >= 0.3 is 0 Å². The third-order valence-corrected chi connectivity index (χ3v) is 6.56. The fraction of sp³-hybridized carbons (Fsp3) is 0.250. The molecule has 0 saturated carbocycles. The van der Waals surface area contributed by atoms with Gasteiger partial charge in [0.15, 0.2) is 0 Å². The van der Waals surface area contributed by atoms with Crippen molar-refractivity contribution in [2.45, 2.75) is 6.54 Å². The van der Waals surface area contributed by atoms with E-state index in [1.54, 1.807) is 11.4 Å². The Kier molecular flexibility index (Phi) is 7.87. The smallest absolute Gasteiger partial charge is 0.265 e. The number of hydrogen-bond acceptors (Lipinski definition) is 7. The van der Waals surface area contributed by atoms with Gasteiger partial charge in [-0.2, -0.15) is 0 Å². The number of nitrogens with one attached hydrogen (secondary N) is 3. The molecule has 0 spiro atoms. The van der Waals surface area contributed by atoms with E-state index >= 15 is 0 Å². The number of amides is 2. The van der Waals surface area contributed by atoms with Crippen molar-refractivity contribution >= 4 is 52.2 Å². The maximum Gasteiger partial charge on any atom is 0.265 e. The normalized spacial score (nSPS) is 13.4. The van der Waals surface area contributed by atoms with Crippen molar-refractivity contribution in [1.29, 1.82) is 0 Å². The maximum atomic E-state index is 12.6. The van der Waals surface area contributed by atoms with E-state index in [1.165, 1.54) is 23.3 Å². The summed E-state index contributed by atoms with van der Waals surface area (Å²) < 4.78 is 8.53. The van der Waals surface area contributed by atoms with Crippen molar-refractivity contribution in [2.24, 2.45) is 0 Å². The molecule has 3 N–H and O–H groups in total. The number of anilines is 3. The van der Waals surface area contributed by atoms with E-state index in [-0.39, 0.29) is 11.8 Å². The minimum absolute atomic E-state index is 0.200. The molecule has 2 amide bonds. The van der Waals surface area contributed by atoms with Crippen LogP contribution in [-0.4, -0.2) is 44.4 Å². The molecule has 3 aromatic rings. The van der Waals surface area contributed by atoms with Gasteiger partial charge in [0.05, 0.1) is 23.7 Å². The molecule has 2 aromatic carbocycles. The quantitative estimate of drug-likeness (QED) is 0.412. The van der Waals surface area contributed by atoms with Crippen LogP contribution in [0.25, 0.3) is 0 Å². The number of carbonyl (C=O) groups is 2. The molecule has 33 heavy (non-hydrogen) atoms. The van der Waals surface area contributed by atoms with E-state index in [9.17, 15) is 9.59 Å². The summed E-state index contributed by atoms with van der Waals surface area (Å²) in [7, 11) is 0. The lowest BCUT2D eigenvalue weighted by molar-refractivity contribution is 0.0951. The van der Waals surface area contributed by atoms with Gasteiger partial charge in [0.25, 0.3) is 11.8 Å². The van der Waals surface area contributed by atoms with Gasteiger partial charge in [0, 0.05) is 48.3 Å². The Hall–Kier alpha value is -3.01. The van der Waals surface area contributed by atoms with Gasteiger partial charge in [-0.15, -0.1) is 11.3 Å². The van der Waals surface area contributed by atoms with Gasteiger partial charge in [-0.05, 0) is 42.0 Å². The zero-order valence-electron chi connectivity index (χ0n) is 18.3. The summed E-state index contributed by atoms with van der Waals surface area (Å²) in [5.74, 6) is -0.437. The van der Waals surface area contributed by atoms with Crippen LogP contribution in [0, 0.1) is 0 Å². The van der Waals surface area contributed by atoms with Crippen LogP contribution in [0.4, 0.5) is 17.1 Å². The predicted octanol–water partition coefficient (Wildman–Crippen LogP) is 4.46. The minimum atomic E-state index is -0.237. The predicted molar refractivity (Wildman–Crippen MR) is 136 cm³/mol. The van der Waals surface area contributed by atoms with Gasteiger partial charge in [-0.3, -0.25) is 9.59 Å². The lowest BCUT2D eigenvalue weighted by atomic mass is 10.2. The molecule has 4 rings (SSSR count). The summed E-state index contributed by atoms with van der Waals surface area (Å²) in [6, 6.07) is 17.3. The SMILES string of the molecule is CSNc1cccc(NC(=O)c2cc(C(=O)NCc3ccc(N4CCOCC4)cc3)cs2)c1. The van der Waals surface area contributed by atoms with Gasteiger partial charge in [-0.1, -0.05) is 30.1 Å². The third-order valence-electron chi connectivity index (χ3n) is 5.19. The van der Waals surface area contributed by atoms with E-state index < -0.39 is 0 Å². The molecule has 1 fully saturated rings. The first-order valence-electron chi connectivity index (χ1n) is 10.6. The van der Waals surface area contributed by atoms with Crippen molar-refractivity contribution in [2.75, 3.05) is 47.5 Å². The largest absolute Gasteiger partial charge is 0.378 e. The van der Waals surface area contributed by atoms with Gasteiger partial charge < -0.3 is 25.0 Å². The summed E-state index contributed by atoms with van der Waals surface area (Å²) in [5, 5.41) is 7.51. The molecule has 7 nitrogen and oxygen atoms in total. The number of nitrogens with zero attached hydrogens (tertiary/aromatic N) is 1. The highest BCUT2D eigenvalue weighted by Gasteiger charge is 2.15. The van der Waals surface area contributed by atoms with Crippen molar-refractivity contribution in [3.05, 3.63) is 76.0 Å². The van der Waals surface area contributed by atoms with E-state index in [1.807, 2.05) is 42.7 Å². The van der Waals surface area contributed by atoms with Crippen LogP contribution in [-0.2, 0) is 11.3 Å². The summed E-state index contributed by atoms with van der Waals surface area (Å²) in [5.41, 5.74) is 4.26. The molecule has 1 aliphatic heterocycles. The summed E-state index contributed by atoms with van der Waals surface area (Å²) in [4.78, 5) is 27.9. The molecule has 0 bridgehead atoms. The Bertz CT molecular complexity index is 1100. The van der Waals surface area contributed by atoms with Crippen LogP contribution in [0.5, 0.6) is 0 Å². The Balaban J connectivity index is 1.30. The van der Waals surface area contributed by atoms with Gasteiger partial charge in [0.2, 0.25) is 0 Å². The van der Waals surface area contributed by atoms with Crippen molar-refractivity contribution < 1.29 is 14.3 Å². The topological polar surface area (TPSA) is 82.7 Å². The lowest BCUT2D eigenvalue weighted by Crippen LogP contribution is -2.36. The van der Waals surface area contributed by atoms with E-state index in [4.69, 9.17) is 4.74 Å². The van der Waals surface area contributed by atoms with E-state index in [0.717, 1.165) is 43.2 Å². The number of carbonyl (C=O) groups excluding carboxylic acids is 2. The molecule has 0 atom stereocenters. The molecule has 0 aliphatic carbocycles. The number of hydrogen-bond donors (Lipinski definition) is 3. The van der Waals surface area contributed by atoms with Crippen LogP contribution in [0.15, 0.2) is 60.0 Å². The zero-order chi connectivity index (χ0) is 23.0. The van der Waals surface area contributed by atoms with E-state index in [2.05, 4.69) is 32.4 Å². The van der Waals surface area contributed by atoms with Crippen LogP contribution in [0.3, 0.4) is 0 Å². The van der Waals surface area contributed by atoms with Gasteiger partial charge in [-0.25, -0.2) is 0 Å². The first-order chi connectivity index (χ1) is 16.1. The van der Waals surface area contributed by atoms with E-state index in [0.29, 0.717) is 22.7 Å². The van der Waals surface area contributed by atoms with Crippen LogP contribution in [0.2, 0.25) is 0 Å². The highest BCUT2D eigenvalue weighted by atomic mass is 32.2. The van der Waals surface area contributed by atoms with Crippen LogP contribution in [0.1, 0.15) is 25.6 Å². The molecule has 1 saturated heterocycles. The average molecular weight is 483 g/mol. The second-order valence-corrected chi connectivity index (χ2v) is 9.01. The molecule has 9 heteroatoms. The van der Waals surface area contributed by atoms with Crippen LogP contribution >= 0.6 is 23.3 Å².